The quantitative estimate of drug-likeness (QED) is 0.699. The van der Waals surface area contributed by atoms with Crippen LogP contribution < -0.4 is 0 Å². The van der Waals surface area contributed by atoms with E-state index in [0.29, 0.717) is 0 Å². The first-order valence-electron chi connectivity index (χ1n) is 6.74. The van der Waals surface area contributed by atoms with Gasteiger partial charge in [-0.2, -0.15) is 0 Å². The Hall–Kier alpha value is -2.22. The van der Waals surface area contributed by atoms with Gasteiger partial charge >= 0.3 is 0 Å². The van der Waals surface area contributed by atoms with Crippen LogP contribution in [-0.4, -0.2) is 9.97 Å². The summed E-state index contributed by atoms with van der Waals surface area (Å²) in [5, 5.41) is 0. The second-order valence-electron chi connectivity index (χ2n) is 4.78. The fraction of sp³-hybridized carbons (Fsp3) is 0.176. The lowest BCUT2D eigenvalue weighted by molar-refractivity contribution is 0.896. The zero-order valence-electron chi connectivity index (χ0n) is 11.1. The van der Waals surface area contributed by atoms with Crippen LogP contribution in [0.1, 0.15) is 35.4 Å². The fourth-order valence-corrected chi connectivity index (χ4v) is 2.52. The lowest BCUT2D eigenvalue weighted by Crippen LogP contribution is -2.04. The molecule has 0 bridgehead atoms. The monoisotopic (exact) mass is 250 g/mol. The van der Waals surface area contributed by atoms with Crippen LogP contribution in [0.5, 0.6) is 0 Å². The summed E-state index contributed by atoms with van der Waals surface area (Å²) in [6.07, 6.45) is 5.04. The Labute approximate surface area is 113 Å². The van der Waals surface area contributed by atoms with Crippen molar-refractivity contribution >= 4 is 0 Å². The van der Waals surface area contributed by atoms with Gasteiger partial charge in [0.05, 0.1) is 5.92 Å². The molecule has 0 radical (unpaired) electrons. The van der Waals surface area contributed by atoms with E-state index in [1.165, 1.54) is 22.5 Å². The zero-order valence-corrected chi connectivity index (χ0v) is 11.1. The lowest BCUT2D eigenvalue weighted by Gasteiger charge is -2.15. The Balaban J connectivity index is 2.04. The molecule has 0 aliphatic rings. The number of benzene rings is 1. The van der Waals surface area contributed by atoms with E-state index in [1.54, 1.807) is 0 Å². The Bertz CT molecular complexity index is 570. The van der Waals surface area contributed by atoms with Gasteiger partial charge in [0.15, 0.2) is 0 Å². The van der Waals surface area contributed by atoms with Gasteiger partial charge in [-0.3, -0.25) is 0 Å². The van der Waals surface area contributed by atoms with E-state index in [1.807, 2.05) is 24.5 Å². The second kappa shape index (κ2) is 5.19. The summed E-state index contributed by atoms with van der Waals surface area (Å²) in [6, 6.07) is 17.3. The Kier molecular flexibility index (Phi) is 3.23. The fourth-order valence-electron chi connectivity index (χ4n) is 2.52. The number of hydrogen-bond acceptors (Lipinski definition) is 0. The van der Waals surface area contributed by atoms with Crippen molar-refractivity contribution in [2.75, 3.05) is 0 Å². The van der Waals surface area contributed by atoms with Crippen LogP contribution in [0, 0.1) is 0 Å². The van der Waals surface area contributed by atoms with E-state index < -0.39 is 0 Å². The average Bonchev–Trinajstić information content (AvgIpc) is 3.13. The maximum absolute atomic E-state index is 3.33. The number of aromatic nitrogens is 2. The lowest BCUT2D eigenvalue weighted by atomic mass is 9.92. The molecule has 19 heavy (non-hydrogen) atoms. The molecule has 3 aromatic rings. The molecule has 2 heteroatoms. The molecular formula is C17H18N2. The standard InChI is InChI=1S/C17H18N2/c1-2-13-7-9-14(10-8-13)17(15-5-3-11-18-15)16-6-4-12-19-16/h3-12,17-19H,2H2,1H3. The van der Waals surface area contributed by atoms with Crippen molar-refractivity contribution in [3.05, 3.63) is 83.4 Å². The van der Waals surface area contributed by atoms with Crippen LogP contribution in [0.4, 0.5) is 0 Å². The van der Waals surface area contributed by atoms with E-state index in [2.05, 4.69) is 53.3 Å². The third-order valence-electron chi connectivity index (χ3n) is 3.59. The summed E-state index contributed by atoms with van der Waals surface area (Å²) in [5.41, 5.74) is 5.11. The highest BCUT2D eigenvalue weighted by Gasteiger charge is 2.17. The molecule has 0 fully saturated rings. The summed E-state index contributed by atoms with van der Waals surface area (Å²) >= 11 is 0. The minimum Gasteiger partial charge on any atom is -0.364 e. The van der Waals surface area contributed by atoms with Crippen molar-refractivity contribution in [2.24, 2.45) is 0 Å². The van der Waals surface area contributed by atoms with E-state index in [4.69, 9.17) is 0 Å². The number of hydrogen-bond donors (Lipinski definition) is 2. The first kappa shape index (κ1) is 11.8. The second-order valence-corrected chi connectivity index (χ2v) is 4.78. The van der Waals surface area contributed by atoms with E-state index in [-0.39, 0.29) is 5.92 Å². The summed E-state index contributed by atoms with van der Waals surface area (Å²) in [7, 11) is 0. The summed E-state index contributed by atoms with van der Waals surface area (Å²) in [4.78, 5) is 6.67. The molecule has 2 N–H and O–H groups in total. The topological polar surface area (TPSA) is 31.6 Å². The minimum atomic E-state index is 0.246. The van der Waals surface area contributed by atoms with Gasteiger partial charge in [0.25, 0.3) is 0 Å². The highest BCUT2D eigenvalue weighted by atomic mass is 14.7. The van der Waals surface area contributed by atoms with Crippen molar-refractivity contribution in [3.63, 3.8) is 0 Å². The highest BCUT2D eigenvalue weighted by Crippen LogP contribution is 2.29. The zero-order chi connectivity index (χ0) is 13.1. The number of aryl methyl sites for hydroxylation is 1. The summed E-state index contributed by atoms with van der Waals surface area (Å²) in [6.45, 7) is 2.18. The van der Waals surface area contributed by atoms with Gasteiger partial charge in [0.1, 0.15) is 0 Å². The van der Waals surface area contributed by atoms with Gasteiger partial charge < -0.3 is 9.97 Å². The van der Waals surface area contributed by atoms with Crippen LogP contribution in [-0.2, 0) is 6.42 Å². The molecule has 2 heterocycles. The molecule has 0 saturated heterocycles. The van der Waals surface area contributed by atoms with Gasteiger partial charge in [-0.15, -0.1) is 0 Å². The Morgan fingerprint density at radius 2 is 1.42 bits per heavy atom. The van der Waals surface area contributed by atoms with E-state index in [0.717, 1.165) is 6.42 Å². The molecule has 2 aromatic heterocycles. The molecule has 0 aliphatic heterocycles. The maximum Gasteiger partial charge on any atom is 0.0641 e. The predicted octanol–water partition coefficient (Wildman–Crippen LogP) is 4.09. The number of rotatable bonds is 4. The smallest absolute Gasteiger partial charge is 0.0641 e. The molecule has 3 rings (SSSR count). The Morgan fingerprint density at radius 3 is 1.84 bits per heavy atom. The first-order valence-corrected chi connectivity index (χ1v) is 6.74. The molecule has 96 valence electrons. The summed E-state index contributed by atoms with van der Waals surface area (Å²) in [5.74, 6) is 0.246. The normalized spacial score (nSPS) is 11.1. The van der Waals surface area contributed by atoms with Crippen molar-refractivity contribution < 1.29 is 0 Å². The summed E-state index contributed by atoms with van der Waals surface area (Å²) < 4.78 is 0. The molecule has 0 saturated carbocycles. The third-order valence-corrected chi connectivity index (χ3v) is 3.59. The predicted molar refractivity (Wildman–Crippen MR) is 78.4 cm³/mol. The largest absolute Gasteiger partial charge is 0.364 e. The molecule has 1 aromatic carbocycles. The molecule has 0 spiro atoms. The van der Waals surface area contributed by atoms with Gasteiger partial charge in [-0.25, -0.2) is 0 Å². The van der Waals surface area contributed by atoms with Crippen molar-refractivity contribution in [1.29, 1.82) is 0 Å². The first-order chi connectivity index (χ1) is 9.38. The third kappa shape index (κ3) is 2.34. The van der Waals surface area contributed by atoms with Crippen LogP contribution in [0.25, 0.3) is 0 Å². The highest BCUT2D eigenvalue weighted by molar-refractivity contribution is 5.38. The van der Waals surface area contributed by atoms with Crippen LogP contribution in [0.2, 0.25) is 0 Å². The molecule has 0 unspecified atom stereocenters. The SMILES string of the molecule is CCc1ccc(C(c2ccc[nH]2)c2ccc[nH]2)cc1. The average molecular weight is 250 g/mol. The minimum absolute atomic E-state index is 0.246. The van der Waals surface area contributed by atoms with Gasteiger partial charge in [0.2, 0.25) is 0 Å². The van der Waals surface area contributed by atoms with Crippen molar-refractivity contribution in [1.82, 2.24) is 9.97 Å². The molecule has 2 nitrogen and oxygen atoms in total. The van der Waals surface area contributed by atoms with Crippen LogP contribution in [0.3, 0.4) is 0 Å². The van der Waals surface area contributed by atoms with Crippen molar-refractivity contribution in [3.8, 4) is 0 Å². The number of H-pyrrole nitrogens is 2. The number of aromatic amines is 2. The van der Waals surface area contributed by atoms with Gasteiger partial charge in [-0.05, 0) is 41.8 Å². The Morgan fingerprint density at radius 1 is 0.842 bits per heavy atom. The van der Waals surface area contributed by atoms with Crippen LogP contribution in [0.15, 0.2) is 60.9 Å². The van der Waals surface area contributed by atoms with Crippen LogP contribution >= 0.6 is 0 Å². The van der Waals surface area contributed by atoms with E-state index in [9.17, 15) is 0 Å². The molecule has 0 atom stereocenters. The molecule has 0 amide bonds. The van der Waals surface area contributed by atoms with Gasteiger partial charge in [0, 0.05) is 23.8 Å². The maximum atomic E-state index is 3.33. The van der Waals surface area contributed by atoms with Crippen molar-refractivity contribution in [2.45, 2.75) is 19.3 Å². The molecule has 0 aliphatic carbocycles. The molecular weight excluding hydrogens is 232 g/mol. The number of nitrogens with one attached hydrogen (secondary N) is 2. The van der Waals surface area contributed by atoms with E-state index >= 15 is 0 Å². The van der Waals surface area contributed by atoms with Gasteiger partial charge in [-0.1, -0.05) is 31.2 Å².